The van der Waals surface area contributed by atoms with Crippen LogP contribution in [0.3, 0.4) is 0 Å². The molecule has 1 unspecified atom stereocenters. The Morgan fingerprint density at radius 1 is 1.31 bits per heavy atom. The number of nitrogens with one attached hydrogen (secondary N) is 1. The molecule has 0 fully saturated rings. The Hall–Kier alpha value is -0.650. The first-order valence-corrected chi connectivity index (χ1v) is 5.72. The molecule has 1 N–H and O–H groups in total. The van der Waals surface area contributed by atoms with Crippen LogP contribution in [0.4, 0.5) is 0 Å². The number of carbonyl (C=O) groups is 1. The number of ether oxygens (including phenoxy) is 3. The van der Waals surface area contributed by atoms with Crippen molar-refractivity contribution in [2.75, 3.05) is 40.1 Å². The van der Waals surface area contributed by atoms with E-state index in [-0.39, 0.29) is 12.0 Å². The van der Waals surface area contributed by atoms with Crippen LogP contribution in [0.5, 0.6) is 0 Å². The van der Waals surface area contributed by atoms with Crippen LogP contribution in [0.2, 0.25) is 0 Å². The maximum absolute atomic E-state index is 11.5. The van der Waals surface area contributed by atoms with Crippen LogP contribution < -0.4 is 5.32 Å². The minimum absolute atomic E-state index is 0.256. The van der Waals surface area contributed by atoms with Crippen molar-refractivity contribution in [3.05, 3.63) is 0 Å². The lowest BCUT2D eigenvalue weighted by Gasteiger charge is -2.16. The molecule has 0 heterocycles. The van der Waals surface area contributed by atoms with Gasteiger partial charge < -0.3 is 19.5 Å². The second kappa shape index (κ2) is 10.9. The molecule has 96 valence electrons. The lowest BCUT2D eigenvalue weighted by Crippen LogP contribution is -2.42. The summed E-state index contributed by atoms with van der Waals surface area (Å²) < 4.78 is 15.1. The second-order valence-corrected chi connectivity index (χ2v) is 3.33. The average molecular weight is 233 g/mol. The van der Waals surface area contributed by atoms with Crippen molar-refractivity contribution >= 4 is 5.97 Å². The van der Waals surface area contributed by atoms with Gasteiger partial charge in [0.05, 0.1) is 26.4 Å². The van der Waals surface area contributed by atoms with E-state index in [1.165, 1.54) is 0 Å². The van der Waals surface area contributed by atoms with Crippen molar-refractivity contribution in [2.45, 2.75) is 26.3 Å². The largest absolute Gasteiger partial charge is 0.465 e. The van der Waals surface area contributed by atoms with Gasteiger partial charge in [-0.3, -0.25) is 4.79 Å². The van der Waals surface area contributed by atoms with Crippen LogP contribution in [0.15, 0.2) is 0 Å². The fraction of sp³-hybridized carbons (Fsp3) is 0.909. The Kier molecular flexibility index (Phi) is 10.4. The molecule has 0 saturated heterocycles. The van der Waals surface area contributed by atoms with E-state index in [4.69, 9.17) is 14.2 Å². The average Bonchev–Trinajstić information content (AvgIpc) is 2.28. The van der Waals surface area contributed by atoms with Gasteiger partial charge in [-0.2, -0.15) is 0 Å². The fourth-order valence-electron chi connectivity index (χ4n) is 1.12. The summed E-state index contributed by atoms with van der Waals surface area (Å²) in [4.78, 5) is 11.5. The molecule has 0 spiro atoms. The van der Waals surface area contributed by atoms with E-state index >= 15 is 0 Å². The number of hydrogen-bond acceptors (Lipinski definition) is 5. The molecule has 0 radical (unpaired) electrons. The van der Waals surface area contributed by atoms with E-state index in [1.807, 2.05) is 6.92 Å². The van der Waals surface area contributed by atoms with E-state index in [0.29, 0.717) is 26.4 Å². The summed E-state index contributed by atoms with van der Waals surface area (Å²) >= 11 is 0. The van der Waals surface area contributed by atoms with Gasteiger partial charge in [-0.15, -0.1) is 0 Å². The maximum Gasteiger partial charge on any atom is 0.325 e. The van der Waals surface area contributed by atoms with Gasteiger partial charge in [0.25, 0.3) is 0 Å². The summed E-state index contributed by atoms with van der Waals surface area (Å²) in [5.74, 6) is -0.256. The van der Waals surface area contributed by atoms with Crippen molar-refractivity contribution in [3.63, 3.8) is 0 Å². The van der Waals surface area contributed by atoms with Crippen molar-refractivity contribution in [1.29, 1.82) is 0 Å². The minimum atomic E-state index is -0.378. The van der Waals surface area contributed by atoms with E-state index < -0.39 is 0 Å². The number of carbonyl (C=O) groups excluding carboxylic acids is 1. The zero-order valence-corrected chi connectivity index (χ0v) is 10.5. The van der Waals surface area contributed by atoms with Gasteiger partial charge in [-0.1, -0.05) is 6.92 Å². The molecule has 0 bridgehead atoms. The molecule has 0 aromatic carbocycles. The van der Waals surface area contributed by atoms with Gasteiger partial charge in [-0.05, 0) is 19.9 Å². The van der Waals surface area contributed by atoms with Gasteiger partial charge in [-0.25, -0.2) is 0 Å². The summed E-state index contributed by atoms with van der Waals surface area (Å²) in [7, 11) is 1.61. The Balaban J connectivity index is 3.84. The van der Waals surface area contributed by atoms with E-state index in [1.54, 1.807) is 14.0 Å². The van der Waals surface area contributed by atoms with Crippen molar-refractivity contribution < 1.29 is 19.0 Å². The van der Waals surface area contributed by atoms with Gasteiger partial charge in [0.2, 0.25) is 0 Å². The second-order valence-electron chi connectivity index (χ2n) is 3.33. The van der Waals surface area contributed by atoms with Crippen LogP contribution in [-0.2, 0) is 19.0 Å². The first-order valence-electron chi connectivity index (χ1n) is 5.72. The molecule has 0 rings (SSSR count). The molecule has 0 aliphatic heterocycles. The topological polar surface area (TPSA) is 56.8 Å². The molecule has 16 heavy (non-hydrogen) atoms. The lowest BCUT2D eigenvalue weighted by molar-refractivity contribution is -0.147. The summed E-state index contributed by atoms with van der Waals surface area (Å²) in [5, 5.41) is 3.09. The van der Waals surface area contributed by atoms with E-state index in [9.17, 15) is 4.79 Å². The van der Waals surface area contributed by atoms with Gasteiger partial charge in [0.1, 0.15) is 6.04 Å². The number of esters is 1. The van der Waals surface area contributed by atoms with Crippen LogP contribution in [0.1, 0.15) is 20.3 Å². The SMILES string of the molecule is CCCNC(COCCOC)C(=O)OCC. The molecule has 0 aliphatic rings. The quantitative estimate of drug-likeness (QED) is 0.442. The highest BCUT2D eigenvalue weighted by Gasteiger charge is 2.18. The van der Waals surface area contributed by atoms with E-state index in [2.05, 4.69) is 5.32 Å². The van der Waals surface area contributed by atoms with Crippen molar-refractivity contribution in [1.82, 2.24) is 5.32 Å². The number of methoxy groups -OCH3 is 1. The van der Waals surface area contributed by atoms with Gasteiger partial charge in [0, 0.05) is 7.11 Å². The fourth-order valence-corrected chi connectivity index (χ4v) is 1.12. The first-order chi connectivity index (χ1) is 7.76. The molecular weight excluding hydrogens is 210 g/mol. The molecule has 0 aromatic heterocycles. The predicted octanol–water partition coefficient (Wildman–Crippen LogP) is 0.581. The Bertz CT molecular complexity index is 175. The zero-order chi connectivity index (χ0) is 12.2. The third-order valence-corrected chi connectivity index (χ3v) is 1.93. The number of rotatable bonds is 10. The van der Waals surface area contributed by atoms with Gasteiger partial charge in [0.15, 0.2) is 0 Å². The van der Waals surface area contributed by atoms with Crippen LogP contribution in [-0.4, -0.2) is 52.1 Å². The molecule has 0 aliphatic carbocycles. The molecule has 0 aromatic rings. The molecule has 0 saturated carbocycles. The standard InChI is InChI=1S/C11H23NO4/c1-4-6-12-10(11(13)16-5-2)9-15-8-7-14-3/h10,12H,4-9H2,1-3H3. The molecular formula is C11H23NO4. The third kappa shape index (κ3) is 7.62. The first kappa shape index (κ1) is 15.3. The highest BCUT2D eigenvalue weighted by Crippen LogP contribution is 1.92. The molecule has 5 nitrogen and oxygen atoms in total. The lowest BCUT2D eigenvalue weighted by atomic mass is 10.3. The third-order valence-electron chi connectivity index (χ3n) is 1.93. The van der Waals surface area contributed by atoms with Crippen LogP contribution in [0, 0.1) is 0 Å². The summed E-state index contributed by atoms with van der Waals surface area (Å²) in [6, 6.07) is -0.378. The van der Waals surface area contributed by atoms with Gasteiger partial charge >= 0.3 is 5.97 Å². The Labute approximate surface area is 97.4 Å². The maximum atomic E-state index is 11.5. The summed E-state index contributed by atoms with van der Waals surface area (Å²) in [6.45, 7) is 6.34. The van der Waals surface area contributed by atoms with E-state index in [0.717, 1.165) is 13.0 Å². The highest BCUT2D eigenvalue weighted by molar-refractivity contribution is 5.75. The van der Waals surface area contributed by atoms with Crippen molar-refractivity contribution in [2.24, 2.45) is 0 Å². The smallest absolute Gasteiger partial charge is 0.325 e. The van der Waals surface area contributed by atoms with Crippen molar-refractivity contribution in [3.8, 4) is 0 Å². The summed E-state index contributed by atoms with van der Waals surface area (Å²) in [6.07, 6.45) is 0.966. The van der Waals surface area contributed by atoms with Crippen LogP contribution >= 0.6 is 0 Å². The Morgan fingerprint density at radius 2 is 2.06 bits per heavy atom. The zero-order valence-electron chi connectivity index (χ0n) is 10.5. The summed E-state index contributed by atoms with van der Waals surface area (Å²) in [5.41, 5.74) is 0. The Morgan fingerprint density at radius 3 is 2.62 bits per heavy atom. The van der Waals surface area contributed by atoms with Crippen LogP contribution in [0.25, 0.3) is 0 Å². The normalized spacial score (nSPS) is 12.4. The highest BCUT2D eigenvalue weighted by atomic mass is 16.5. The monoisotopic (exact) mass is 233 g/mol. The molecule has 5 heteroatoms. The molecule has 1 atom stereocenters. The predicted molar refractivity (Wildman–Crippen MR) is 61.4 cm³/mol. The number of hydrogen-bond donors (Lipinski definition) is 1. The minimum Gasteiger partial charge on any atom is -0.465 e. The molecule has 0 amide bonds.